The van der Waals surface area contributed by atoms with Gasteiger partial charge in [0.1, 0.15) is 0 Å². The lowest BCUT2D eigenvalue weighted by molar-refractivity contribution is -0.185. The fraction of sp³-hybridized carbons (Fsp3) is 0.947. The van der Waals surface area contributed by atoms with Crippen LogP contribution in [-0.2, 0) is 4.79 Å². The van der Waals surface area contributed by atoms with E-state index in [1.807, 2.05) is 0 Å². The fourth-order valence-corrected chi connectivity index (χ4v) is 2.94. The minimum Gasteiger partial charge on any atom is -0.395 e. The van der Waals surface area contributed by atoms with Gasteiger partial charge in [-0.15, -0.1) is 0 Å². The van der Waals surface area contributed by atoms with E-state index < -0.39 is 24.7 Å². The number of carbonyl (C=O) groups excluding carboxylic acids is 1. The standard InChI is InChI=1S/C19H37F3N2O2/c1-2-3-4-5-6-7-8-9-10-11-12-13-14-24(15-17(23)16-25)18(26)19(20,21)22/h17,25H,2-16,23H2,1H3. The molecule has 1 amide bonds. The molecule has 0 aliphatic carbocycles. The maximum Gasteiger partial charge on any atom is 0.471 e. The zero-order valence-electron chi connectivity index (χ0n) is 16.2. The normalized spacial score (nSPS) is 13.0. The number of nitrogens with two attached hydrogens (primary N) is 1. The molecule has 0 radical (unpaired) electrons. The summed E-state index contributed by atoms with van der Waals surface area (Å²) in [5.41, 5.74) is 5.48. The maximum absolute atomic E-state index is 12.6. The highest BCUT2D eigenvalue weighted by Gasteiger charge is 2.42. The smallest absolute Gasteiger partial charge is 0.395 e. The highest BCUT2D eigenvalue weighted by molar-refractivity contribution is 5.81. The summed E-state index contributed by atoms with van der Waals surface area (Å²) < 4.78 is 37.8. The van der Waals surface area contributed by atoms with Gasteiger partial charge in [0.2, 0.25) is 0 Å². The van der Waals surface area contributed by atoms with Crippen LogP contribution in [0.2, 0.25) is 0 Å². The van der Waals surface area contributed by atoms with Gasteiger partial charge in [-0.1, -0.05) is 77.6 Å². The molecule has 0 fully saturated rings. The number of hydrogen-bond donors (Lipinski definition) is 2. The largest absolute Gasteiger partial charge is 0.471 e. The summed E-state index contributed by atoms with van der Waals surface area (Å²) in [6.07, 6.45) is 8.62. The molecule has 7 heteroatoms. The Morgan fingerprint density at radius 1 is 0.923 bits per heavy atom. The Bertz CT molecular complexity index is 352. The number of unbranched alkanes of at least 4 members (excludes halogenated alkanes) is 11. The van der Waals surface area contributed by atoms with Crippen molar-refractivity contribution in [3.63, 3.8) is 0 Å². The van der Waals surface area contributed by atoms with E-state index in [0.717, 1.165) is 30.6 Å². The van der Waals surface area contributed by atoms with E-state index in [1.54, 1.807) is 0 Å². The van der Waals surface area contributed by atoms with E-state index in [0.29, 0.717) is 6.42 Å². The molecule has 1 unspecified atom stereocenters. The molecule has 0 saturated carbocycles. The number of nitrogens with zero attached hydrogens (tertiary/aromatic N) is 1. The van der Waals surface area contributed by atoms with Crippen molar-refractivity contribution in [1.29, 1.82) is 0 Å². The molecule has 0 rings (SSSR count). The van der Waals surface area contributed by atoms with Gasteiger partial charge in [0.25, 0.3) is 0 Å². The van der Waals surface area contributed by atoms with Crippen LogP contribution in [0.1, 0.15) is 84.0 Å². The predicted octanol–water partition coefficient (Wildman–Crippen LogP) is 4.40. The second kappa shape index (κ2) is 15.3. The van der Waals surface area contributed by atoms with Crippen molar-refractivity contribution in [2.75, 3.05) is 19.7 Å². The molecule has 3 N–H and O–H groups in total. The molecule has 1 atom stereocenters. The van der Waals surface area contributed by atoms with Gasteiger partial charge in [0.15, 0.2) is 0 Å². The van der Waals surface area contributed by atoms with E-state index in [-0.39, 0.29) is 13.1 Å². The molecule has 0 spiro atoms. The first-order valence-electron chi connectivity index (χ1n) is 10.1. The van der Waals surface area contributed by atoms with Gasteiger partial charge >= 0.3 is 12.1 Å². The van der Waals surface area contributed by atoms with Gasteiger partial charge in [0, 0.05) is 19.1 Å². The number of amides is 1. The third-order valence-electron chi connectivity index (χ3n) is 4.50. The zero-order chi connectivity index (χ0) is 19.8. The van der Waals surface area contributed by atoms with Crippen LogP contribution in [-0.4, -0.2) is 47.8 Å². The Kier molecular flexibility index (Phi) is 14.8. The molecule has 0 aromatic heterocycles. The monoisotopic (exact) mass is 382 g/mol. The molecule has 0 aliphatic heterocycles. The minimum absolute atomic E-state index is 0.0312. The van der Waals surface area contributed by atoms with Gasteiger partial charge in [0.05, 0.1) is 6.61 Å². The van der Waals surface area contributed by atoms with Gasteiger partial charge < -0.3 is 15.7 Å². The third-order valence-corrected chi connectivity index (χ3v) is 4.50. The van der Waals surface area contributed by atoms with Crippen molar-refractivity contribution in [2.45, 2.75) is 96.2 Å². The number of carbonyl (C=O) groups is 1. The molecule has 0 bridgehead atoms. The Labute approximate surface area is 156 Å². The lowest BCUT2D eigenvalue weighted by atomic mass is 10.1. The van der Waals surface area contributed by atoms with Gasteiger partial charge in [-0.2, -0.15) is 13.2 Å². The molecular formula is C19H37F3N2O2. The van der Waals surface area contributed by atoms with E-state index in [2.05, 4.69) is 6.92 Å². The summed E-state index contributed by atoms with van der Waals surface area (Å²) in [6, 6.07) is -0.848. The van der Waals surface area contributed by atoms with E-state index >= 15 is 0 Å². The van der Waals surface area contributed by atoms with Crippen molar-refractivity contribution in [1.82, 2.24) is 4.90 Å². The highest BCUT2D eigenvalue weighted by Crippen LogP contribution is 2.19. The third kappa shape index (κ3) is 13.4. The van der Waals surface area contributed by atoms with Crippen molar-refractivity contribution in [2.24, 2.45) is 5.73 Å². The van der Waals surface area contributed by atoms with Crippen LogP contribution in [0.5, 0.6) is 0 Å². The van der Waals surface area contributed by atoms with Crippen molar-refractivity contribution < 1.29 is 23.1 Å². The van der Waals surface area contributed by atoms with Crippen molar-refractivity contribution in [3.05, 3.63) is 0 Å². The first-order chi connectivity index (χ1) is 12.3. The molecule has 156 valence electrons. The lowest BCUT2D eigenvalue weighted by Gasteiger charge is -2.26. The minimum atomic E-state index is -4.90. The van der Waals surface area contributed by atoms with Crippen molar-refractivity contribution >= 4 is 5.91 Å². The molecular weight excluding hydrogens is 345 g/mol. The summed E-state index contributed by atoms with van der Waals surface area (Å²) in [5, 5.41) is 8.90. The first kappa shape index (κ1) is 25.2. The Morgan fingerprint density at radius 3 is 1.73 bits per heavy atom. The van der Waals surface area contributed by atoms with Crippen LogP contribution >= 0.6 is 0 Å². The average molecular weight is 383 g/mol. The second-order valence-corrected chi connectivity index (χ2v) is 7.08. The first-order valence-corrected chi connectivity index (χ1v) is 10.1. The van der Waals surface area contributed by atoms with Crippen LogP contribution in [0.15, 0.2) is 0 Å². The Balaban J connectivity index is 3.80. The molecule has 0 saturated heterocycles. The lowest BCUT2D eigenvalue weighted by Crippen LogP contribution is -2.48. The Hall–Kier alpha value is -0.820. The van der Waals surface area contributed by atoms with Gasteiger partial charge in [-0.25, -0.2) is 0 Å². The fourth-order valence-electron chi connectivity index (χ4n) is 2.94. The summed E-state index contributed by atoms with van der Waals surface area (Å²) in [5.74, 6) is -1.87. The summed E-state index contributed by atoms with van der Waals surface area (Å²) >= 11 is 0. The van der Waals surface area contributed by atoms with E-state index in [9.17, 15) is 18.0 Å². The quantitative estimate of drug-likeness (QED) is 0.389. The van der Waals surface area contributed by atoms with Crippen LogP contribution in [0.4, 0.5) is 13.2 Å². The number of alkyl halides is 3. The average Bonchev–Trinajstić information content (AvgIpc) is 2.59. The Morgan fingerprint density at radius 2 is 1.35 bits per heavy atom. The molecule has 4 nitrogen and oxygen atoms in total. The number of rotatable bonds is 16. The highest BCUT2D eigenvalue weighted by atomic mass is 19.4. The van der Waals surface area contributed by atoms with E-state index in [1.165, 1.54) is 44.9 Å². The van der Waals surface area contributed by atoms with Crippen LogP contribution in [0.3, 0.4) is 0 Å². The maximum atomic E-state index is 12.6. The van der Waals surface area contributed by atoms with Crippen LogP contribution in [0, 0.1) is 0 Å². The SMILES string of the molecule is CCCCCCCCCCCCCCN(CC(N)CO)C(=O)C(F)(F)F. The number of aliphatic hydroxyl groups is 1. The predicted molar refractivity (Wildman–Crippen MR) is 98.8 cm³/mol. The van der Waals surface area contributed by atoms with E-state index in [4.69, 9.17) is 10.8 Å². The van der Waals surface area contributed by atoms with Crippen LogP contribution in [0.25, 0.3) is 0 Å². The second-order valence-electron chi connectivity index (χ2n) is 7.08. The summed E-state index contributed by atoms with van der Waals surface area (Å²) in [6.45, 7) is 1.52. The molecule has 26 heavy (non-hydrogen) atoms. The summed E-state index contributed by atoms with van der Waals surface area (Å²) in [7, 11) is 0. The molecule has 0 aromatic rings. The zero-order valence-corrected chi connectivity index (χ0v) is 16.2. The van der Waals surface area contributed by atoms with Crippen molar-refractivity contribution in [3.8, 4) is 0 Å². The van der Waals surface area contributed by atoms with Crippen LogP contribution < -0.4 is 5.73 Å². The topological polar surface area (TPSA) is 66.6 Å². The number of hydrogen-bond acceptors (Lipinski definition) is 3. The molecule has 0 aliphatic rings. The number of halogens is 3. The molecule has 0 aromatic carbocycles. The van der Waals surface area contributed by atoms with Gasteiger partial charge in [-0.05, 0) is 6.42 Å². The molecule has 0 heterocycles. The van der Waals surface area contributed by atoms with Gasteiger partial charge in [-0.3, -0.25) is 4.79 Å². The summed E-state index contributed by atoms with van der Waals surface area (Å²) in [4.78, 5) is 12.1. The number of aliphatic hydroxyl groups excluding tert-OH is 1.